The van der Waals surface area contributed by atoms with Gasteiger partial charge in [-0.2, -0.15) is 0 Å². The van der Waals surface area contributed by atoms with Crippen molar-refractivity contribution >= 4 is 11.8 Å². The van der Waals surface area contributed by atoms with Crippen molar-refractivity contribution in [1.29, 1.82) is 0 Å². The lowest BCUT2D eigenvalue weighted by molar-refractivity contribution is -0.213. The van der Waals surface area contributed by atoms with Crippen molar-refractivity contribution in [3.63, 3.8) is 0 Å². The largest absolute Gasteiger partial charge is 0.462 e. The van der Waals surface area contributed by atoms with Gasteiger partial charge in [0.2, 0.25) is 0 Å². The molecule has 12 atom stereocenters. The Hall–Kier alpha value is -1.58. The molecule has 8 nitrogen and oxygen atoms in total. The molecule has 12 unspecified atom stereocenters. The first-order valence-corrected chi connectivity index (χ1v) is 15.6. The second kappa shape index (κ2) is 10.2. The summed E-state index contributed by atoms with van der Waals surface area (Å²) in [6, 6.07) is 0. The second-order valence-corrected chi connectivity index (χ2v) is 15.5. The number of carbonyl (C=O) groups is 2. The predicted octanol–water partition coefficient (Wildman–Crippen LogP) is 4.61. The van der Waals surface area contributed by atoms with Gasteiger partial charge in [0.15, 0.2) is 12.1 Å². The first-order chi connectivity index (χ1) is 19.4. The average Bonchev–Trinajstić information content (AvgIpc) is 3.47. The van der Waals surface area contributed by atoms with E-state index in [-0.39, 0.29) is 35.4 Å². The Labute approximate surface area is 251 Å². The third-order valence-electron chi connectivity index (χ3n) is 12.7. The number of ketones is 1. The Balaban J connectivity index is 1.55. The normalized spacial score (nSPS) is 46.9. The summed E-state index contributed by atoms with van der Waals surface area (Å²) in [6.45, 7) is 15.7. The van der Waals surface area contributed by atoms with Gasteiger partial charge in [-0.25, -0.2) is 0 Å². The molecule has 42 heavy (non-hydrogen) atoms. The molecule has 1 heterocycles. The van der Waals surface area contributed by atoms with Gasteiger partial charge in [-0.05, 0) is 68.3 Å². The molecule has 1 aliphatic heterocycles. The molecule has 0 aromatic rings. The number of aliphatic hydroxyl groups is 2. The lowest BCUT2D eigenvalue weighted by Crippen LogP contribution is -2.68. The highest BCUT2D eigenvalue weighted by Crippen LogP contribution is 2.72. The molecule has 1 saturated heterocycles. The molecule has 0 spiro atoms. The molecule has 0 radical (unpaired) electrons. The van der Waals surface area contributed by atoms with Crippen LogP contribution in [0.3, 0.4) is 0 Å². The van der Waals surface area contributed by atoms with Gasteiger partial charge >= 0.3 is 5.97 Å². The number of aliphatic hydroxyl groups excluding tert-OH is 2. The zero-order valence-electron chi connectivity index (χ0n) is 27.1. The lowest BCUT2D eigenvalue weighted by atomic mass is 9.37. The number of ether oxygens (including phenoxy) is 4. The molecule has 0 aromatic carbocycles. The quantitative estimate of drug-likeness (QED) is 0.342. The summed E-state index contributed by atoms with van der Waals surface area (Å²) in [6.07, 6.45) is 5.59. The highest BCUT2D eigenvalue weighted by atomic mass is 16.7. The minimum absolute atomic E-state index is 0.0151. The van der Waals surface area contributed by atoms with Gasteiger partial charge in [-0.15, -0.1) is 0 Å². The molecule has 5 aliphatic rings. The molecule has 8 heteroatoms. The van der Waals surface area contributed by atoms with Crippen molar-refractivity contribution < 1.29 is 38.7 Å². The monoisotopic (exact) mass is 588 g/mol. The lowest BCUT2D eigenvalue weighted by Gasteiger charge is -2.67. The van der Waals surface area contributed by atoms with Crippen LogP contribution in [0.1, 0.15) is 81.1 Å². The minimum atomic E-state index is -0.835. The number of hydrogen-bond acceptors (Lipinski definition) is 8. The number of rotatable bonds is 6. The summed E-state index contributed by atoms with van der Waals surface area (Å²) in [7, 11) is 3.23. The predicted molar refractivity (Wildman–Crippen MR) is 157 cm³/mol. The molecule has 0 bridgehead atoms. The molecular weight excluding hydrogens is 536 g/mol. The van der Waals surface area contributed by atoms with E-state index in [1.807, 2.05) is 33.8 Å². The molecule has 4 aliphatic carbocycles. The standard InChI is InChI=1S/C34H52O8/c1-18(35)41-26-16-24-30(2,3)25(37)13-14-32(24,6)27-21(36)17-33(7)20(11-12-23(33)34(26,27)8)19-15-22(42-29(19)39-9)28(38)31(4,5)40-10/h12-14,19-22,24,26-29,36,38H,11,15-17H2,1-10H3. The van der Waals surface area contributed by atoms with Gasteiger partial charge in [0, 0.05) is 43.8 Å². The fourth-order valence-corrected chi connectivity index (χ4v) is 10.5. The third-order valence-corrected chi connectivity index (χ3v) is 12.7. The van der Waals surface area contributed by atoms with E-state index in [1.165, 1.54) is 12.5 Å². The van der Waals surface area contributed by atoms with Crippen molar-refractivity contribution in [3.8, 4) is 0 Å². The maximum atomic E-state index is 13.1. The maximum absolute atomic E-state index is 13.1. The van der Waals surface area contributed by atoms with E-state index in [4.69, 9.17) is 18.9 Å². The van der Waals surface area contributed by atoms with E-state index >= 15 is 0 Å². The van der Waals surface area contributed by atoms with Crippen LogP contribution in [-0.4, -0.2) is 72.5 Å². The molecule has 5 rings (SSSR count). The Kier molecular flexibility index (Phi) is 7.75. The van der Waals surface area contributed by atoms with Gasteiger partial charge in [-0.3, -0.25) is 9.59 Å². The van der Waals surface area contributed by atoms with E-state index in [9.17, 15) is 19.8 Å². The molecule has 2 saturated carbocycles. The number of fused-ring (bicyclic) bond motifs is 5. The topological polar surface area (TPSA) is 112 Å². The summed E-state index contributed by atoms with van der Waals surface area (Å²) >= 11 is 0. The van der Waals surface area contributed by atoms with Crippen molar-refractivity contribution in [1.82, 2.24) is 0 Å². The number of methoxy groups -OCH3 is 2. The Bertz CT molecular complexity index is 1170. The van der Waals surface area contributed by atoms with Crippen LogP contribution in [0.15, 0.2) is 23.8 Å². The maximum Gasteiger partial charge on any atom is 0.302 e. The van der Waals surface area contributed by atoms with E-state index in [0.717, 1.165) is 6.42 Å². The summed E-state index contributed by atoms with van der Waals surface area (Å²) in [5.41, 5.74) is -1.71. The van der Waals surface area contributed by atoms with E-state index < -0.39 is 58.0 Å². The van der Waals surface area contributed by atoms with Crippen LogP contribution in [0.4, 0.5) is 0 Å². The summed E-state index contributed by atoms with van der Waals surface area (Å²) in [4.78, 5) is 25.6. The number of esters is 1. The summed E-state index contributed by atoms with van der Waals surface area (Å²) < 4.78 is 23.9. The number of allylic oxidation sites excluding steroid dienone is 3. The van der Waals surface area contributed by atoms with Crippen LogP contribution in [0, 0.1) is 45.3 Å². The fourth-order valence-electron chi connectivity index (χ4n) is 10.5. The van der Waals surface area contributed by atoms with Crippen molar-refractivity contribution in [3.05, 3.63) is 23.8 Å². The average molecular weight is 589 g/mol. The molecular formula is C34H52O8. The van der Waals surface area contributed by atoms with Gasteiger partial charge in [0.1, 0.15) is 12.2 Å². The van der Waals surface area contributed by atoms with Gasteiger partial charge in [-0.1, -0.05) is 52.3 Å². The van der Waals surface area contributed by atoms with Crippen molar-refractivity contribution in [2.75, 3.05) is 14.2 Å². The number of carbonyl (C=O) groups excluding carboxylic acids is 2. The molecule has 3 fully saturated rings. The van der Waals surface area contributed by atoms with Crippen molar-refractivity contribution in [2.45, 2.75) is 117 Å². The Morgan fingerprint density at radius 2 is 1.81 bits per heavy atom. The highest BCUT2D eigenvalue weighted by molar-refractivity contribution is 5.95. The Morgan fingerprint density at radius 3 is 2.40 bits per heavy atom. The molecule has 2 N–H and O–H groups in total. The van der Waals surface area contributed by atoms with Gasteiger partial charge in [0.25, 0.3) is 0 Å². The minimum Gasteiger partial charge on any atom is -0.462 e. The van der Waals surface area contributed by atoms with E-state index in [0.29, 0.717) is 19.3 Å². The smallest absolute Gasteiger partial charge is 0.302 e. The first kappa shape index (κ1) is 31.8. The zero-order valence-corrected chi connectivity index (χ0v) is 27.1. The fraction of sp³-hybridized carbons (Fsp3) is 0.824. The first-order valence-electron chi connectivity index (χ1n) is 15.6. The van der Waals surface area contributed by atoms with E-state index in [2.05, 4.69) is 26.8 Å². The van der Waals surface area contributed by atoms with Crippen LogP contribution in [0.25, 0.3) is 0 Å². The summed E-state index contributed by atoms with van der Waals surface area (Å²) in [5, 5.41) is 23.4. The van der Waals surface area contributed by atoms with Gasteiger partial charge in [0.05, 0.1) is 17.8 Å². The SMILES string of the molecule is COC1OC(C(O)C(C)(C)OC)CC1C1CC=C2C1(C)CC(O)C1C3(C)C=CC(=O)C(C)(C)C3CC(OC(C)=O)C21C. The molecule has 0 amide bonds. The van der Waals surface area contributed by atoms with Crippen LogP contribution in [0.5, 0.6) is 0 Å². The van der Waals surface area contributed by atoms with E-state index in [1.54, 1.807) is 20.3 Å². The number of hydrogen-bond donors (Lipinski definition) is 2. The molecule has 0 aromatic heterocycles. The van der Waals surface area contributed by atoms with Crippen LogP contribution in [-0.2, 0) is 28.5 Å². The summed E-state index contributed by atoms with van der Waals surface area (Å²) in [5.74, 6) is -0.531. The Morgan fingerprint density at radius 1 is 1.14 bits per heavy atom. The van der Waals surface area contributed by atoms with Gasteiger partial charge < -0.3 is 29.2 Å². The third kappa shape index (κ3) is 4.33. The van der Waals surface area contributed by atoms with Crippen molar-refractivity contribution in [2.24, 2.45) is 45.3 Å². The van der Waals surface area contributed by atoms with Crippen LogP contribution >= 0.6 is 0 Å². The highest BCUT2D eigenvalue weighted by Gasteiger charge is 2.71. The van der Waals surface area contributed by atoms with Crippen LogP contribution in [0.2, 0.25) is 0 Å². The van der Waals surface area contributed by atoms with Crippen LogP contribution < -0.4 is 0 Å². The molecule has 236 valence electrons. The zero-order chi connectivity index (χ0) is 31.2. The second-order valence-electron chi connectivity index (χ2n) is 15.5.